The number of aliphatic carboxylic acids is 1. The molecule has 46 heavy (non-hydrogen) atoms. The highest BCUT2D eigenvalue weighted by atomic mass is 19.4. The first-order chi connectivity index (χ1) is 22.1. The molecule has 0 bridgehead atoms. The topological polar surface area (TPSA) is 82.1 Å². The van der Waals surface area contributed by atoms with E-state index in [4.69, 9.17) is 14.2 Å². The van der Waals surface area contributed by atoms with Crippen molar-refractivity contribution >= 4 is 11.9 Å². The first kappa shape index (κ1) is 36.9. The SMILES string of the molecule is CCCCCCCCOc1ccc(C2C=CC(C(=O)O)(c3ccccc3C(=O)OC(CCCCCOCC)C(F)(F)F)C=C2)cc1. The second kappa shape index (κ2) is 18.5. The van der Waals surface area contributed by atoms with Crippen LogP contribution in [0.15, 0.2) is 72.8 Å². The van der Waals surface area contributed by atoms with Gasteiger partial charge in [-0.05, 0) is 61.9 Å². The maximum atomic E-state index is 13.8. The standard InChI is InChI=1S/C37H47F3O6/c1-3-5-6-7-8-14-27-45-30-20-18-28(19-21-30)29-22-24-36(25-23-29,35(42)43)32-16-12-11-15-31(32)34(41)46-33(37(38,39)40)17-10-9-13-26-44-4-2/h11-12,15-16,18-25,29,33H,3-10,13-14,17,26-27H2,1-2H3,(H,42,43). The molecule has 2 aromatic rings. The van der Waals surface area contributed by atoms with Gasteiger partial charge in [-0.1, -0.05) is 100 Å². The van der Waals surface area contributed by atoms with Gasteiger partial charge in [0.25, 0.3) is 0 Å². The van der Waals surface area contributed by atoms with Crippen molar-refractivity contribution in [2.24, 2.45) is 0 Å². The van der Waals surface area contributed by atoms with Crippen LogP contribution in [0.3, 0.4) is 0 Å². The molecule has 3 rings (SSSR count). The molecule has 252 valence electrons. The Balaban J connectivity index is 1.69. The number of carbonyl (C=O) groups is 2. The maximum Gasteiger partial charge on any atom is 0.425 e. The van der Waals surface area contributed by atoms with Crippen molar-refractivity contribution in [1.29, 1.82) is 0 Å². The van der Waals surface area contributed by atoms with Crippen molar-refractivity contribution in [2.75, 3.05) is 19.8 Å². The number of esters is 1. The lowest BCUT2D eigenvalue weighted by Gasteiger charge is -2.29. The highest BCUT2D eigenvalue weighted by Crippen LogP contribution is 2.38. The van der Waals surface area contributed by atoms with E-state index < -0.39 is 36.1 Å². The highest BCUT2D eigenvalue weighted by Gasteiger charge is 2.44. The van der Waals surface area contributed by atoms with Gasteiger partial charge in [-0.25, -0.2) is 4.79 Å². The van der Waals surface area contributed by atoms with Crippen molar-refractivity contribution in [2.45, 2.75) is 102 Å². The number of hydrogen-bond acceptors (Lipinski definition) is 5. The average molecular weight is 645 g/mol. The molecule has 9 heteroatoms. The van der Waals surface area contributed by atoms with E-state index in [9.17, 15) is 27.9 Å². The van der Waals surface area contributed by atoms with Crippen LogP contribution in [0.4, 0.5) is 13.2 Å². The number of hydrogen-bond donors (Lipinski definition) is 1. The smallest absolute Gasteiger partial charge is 0.425 e. The first-order valence-electron chi connectivity index (χ1n) is 16.4. The van der Waals surface area contributed by atoms with Crippen LogP contribution in [0.5, 0.6) is 5.75 Å². The molecule has 0 heterocycles. The number of alkyl halides is 3. The van der Waals surface area contributed by atoms with E-state index in [1.165, 1.54) is 56.0 Å². The van der Waals surface area contributed by atoms with Crippen molar-refractivity contribution in [1.82, 2.24) is 0 Å². The monoisotopic (exact) mass is 644 g/mol. The Labute approximate surface area is 270 Å². The van der Waals surface area contributed by atoms with Crippen LogP contribution in [-0.2, 0) is 19.7 Å². The van der Waals surface area contributed by atoms with E-state index in [2.05, 4.69) is 6.92 Å². The minimum atomic E-state index is -4.76. The summed E-state index contributed by atoms with van der Waals surface area (Å²) >= 11 is 0. The lowest BCUT2D eigenvalue weighted by Crippen LogP contribution is -2.37. The minimum Gasteiger partial charge on any atom is -0.494 e. The molecule has 6 nitrogen and oxygen atoms in total. The number of ether oxygens (including phenoxy) is 3. The molecule has 1 aliphatic carbocycles. The lowest BCUT2D eigenvalue weighted by atomic mass is 9.73. The molecular formula is C37H47F3O6. The van der Waals surface area contributed by atoms with Crippen LogP contribution in [0.1, 0.15) is 105 Å². The molecule has 0 saturated heterocycles. The van der Waals surface area contributed by atoms with Crippen LogP contribution in [0, 0.1) is 0 Å². The summed E-state index contributed by atoms with van der Waals surface area (Å²) in [6.45, 7) is 5.68. The fraction of sp³-hybridized carbons (Fsp3) is 0.514. The number of allylic oxidation sites excluding steroid dienone is 2. The predicted molar refractivity (Wildman–Crippen MR) is 172 cm³/mol. The van der Waals surface area contributed by atoms with E-state index in [0.717, 1.165) is 24.2 Å². The zero-order chi connectivity index (χ0) is 33.4. The van der Waals surface area contributed by atoms with E-state index in [-0.39, 0.29) is 23.5 Å². The van der Waals surface area contributed by atoms with Crippen LogP contribution in [-0.4, -0.2) is 49.1 Å². The largest absolute Gasteiger partial charge is 0.494 e. The molecule has 2 aromatic carbocycles. The first-order valence-corrected chi connectivity index (χ1v) is 16.4. The number of carboxylic acid groups (broad SMARTS) is 1. The Hall–Kier alpha value is -3.59. The number of halogens is 3. The molecule has 1 atom stereocenters. The number of unbranched alkanes of at least 4 members (excludes halogenated alkanes) is 7. The Morgan fingerprint density at radius 1 is 0.848 bits per heavy atom. The Bertz CT molecular complexity index is 1270. The van der Waals surface area contributed by atoms with Crippen molar-refractivity contribution < 1.29 is 42.1 Å². The molecule has 0 saturated carbocycles. The number of carbonyl (C=O) groups excluding carboxylic acids is 1. The summed E-state index contributed by atoms with van der Waals surface area (Å²) < 4.78 is 57.5. The maximum absolute atomic E-state index is 13.8. The van der Waals surface area contributed by atoms with Crippen molar-refractivity contribution in [3.8, 4) is 5.75 Å². The van der Waals surface area contributed by atoms with Gasteiger partial charge in [0, 0.05) is 19.1 Å². The molecule has 1 aliphatic rings. The van der Waals surface area contributed by atoms with E-state index in [1.54, 1.807) is 18.2 Å². The van der Waals surface area contributed by atoms with Gasteiger partial charge in [0.1, 0.15) is 11.2 Å². The van der Waals surface area contributed by atoms with Crippen molar-refractivity contribution in [3.63, 3.8) is 0 Å². The van der Waals surface area contributed by atoms with Gasteiger partial charge in [0.2, 0.25) is 0 Å². The number of carboxylic acids is 1. The molecule has 0 fully saturated rings. The Morgan fingerprint density at radius 2 is 1.48 bits per heavy atom. The van der Waals surface area contributed by atoms with E-state index in [0.29, 0.717) is 32.7 Å². The van der Waals surface area contributed by atoms with Crippen molar-refractivity contribution in [3.05, 3.63) is 89.5 Å². The average Bonchev–Trinajstić information content (AvgIpc) is 3.05. The summed E-state index contributed by atoms with van der Waals surface area (Å²) in [5.74, 6) is -1.96. The third-order valence-electron chi connectivity index (χ3n) is 8.18. The van der Waals surface area contributed by atoms with Crippen LogP contribution in [0.25, 0.3) is 0 Å². The highest BCUT2D eigenvalue weighted by molar-refractivity contribution is 5.97. The Morgan fingerprint density at radius 3 is 2.13 bits per heavy atom. The van der Waals surface area contributed by atoms with Crippen LogP contribution in [0.2, 0.25) is 0 Å². The molecule has 0 spiro atoms. The second-order valence-corrected chi connectivity index (χ2v) is 11.6. The van der Waals surface area contributed by atoms with Gasteiger partial charge in [-0.15, -0.1) is 0 Å². The summed E-state index contributed by atoms with van der Waals surface area (Å²) in [7, 11) is 0. The summed E-state index contributed by atoms with van der Waals surface area (Å²) in [6.07, 6.45) is 7.33. The minimum absolute atomic E-state index is 0.0366. The zero-order valence-electron chi connectivity index (χ0n) is 26.9. The summed E-state index contributed by atoms with van der Waals surface area (Å²) in [6, 6.07) is 13.4. The van der Waals surface area contributed by atoms with Gasteiger partial charge >= 0.3 is 18.1 Å². The quantitative estimate of drug-likeness (QED) is 0.0879. The Kier molecular flexibility index (Phi) is 14.9. The van der Waals surface area contributed by atoms with Crippen LogP contribution < -0.4 is 4.74 Å². The summed E-state index contributed by atoms with van der Waals surface area (Å²) in [4.78, 5) is 25.9. The number of benzene rings is 2. The number of rotatable bonds is 20. The van der Waals surface area contributed by atoms with Gasteiger partial charge in [0.15, 0.2) is 6.10 Å². The zero-order valence-corrected chi connectivity index (χ0v) is 26.9. The third kappa shape index (κ3) is 10.7. The van der Waals surface area contributed by atoms with E-state index in [1.807, 2.05) is 31.2 Å². The van der Waals surface area contributed by atoms with Gasteiger partial charge in [-0.3, -0.25) is 4.79 Å². The molecule has 0 aromatic heterocycles. The van der Waals surface area contributed by atoms with Gasteiger partial charge in [-0.2, -0.15) is 13.2 Å². The molecule has 0 radical (unpaired) electrons. The fourth-order valence-electron chi connectivity index (χ4n) is 5.51. The second-order valence-electron chi connectivity index (χ2n) is 11.6. The molecule has 1 N–H and O–H groups in total. The summed E-state index contributed by atoms with van der Waals surface area (Å²) in [5, 5.41) is 10.4. The molecular weight excluding hydrogens is 597 g/mol. The van der Waals surface area contributed by atoms with Gasteiger partial charge < -0.3 is 19.3 Å². The van der Waals surface area contributed by atoms with Gasteiger partial charge in [0.05, 0.1) is 12.2 Å². The van der Waals surface area contributed by atoms with E-state index >= 15 is 0 Å². The molecule has 0 amide bonds. The third-order valence-corrected chi connectivity index (χ3v) is 8.18. The molecule has 1 unspecified atom stereocenters. The molecule has 0 aliphatic heterocycles. The summed E-state index contributed by atoms with van der Waals surface area (Å²) in [5.41, 5.74) is -1.04. The fourth-order valence-corrected chi connectivity index (χ4v) is 5.51. The predicted octanol–water partition coefficient (Wildman–Crippen LogP) is 9.34. The normalized spacial score (nSPS) is 18.3. The lowest BCUT2D eigenvalue weighted by molar-refractivity contribution is -0.206. The van der Waals surface area contributed by atoms with Crippen LogP contribution >= 0.6 is 0 Å².